The highest BCUT2D eigenvalue weighted by molar-refractivity contribution is 5.93. The maximum atomic E-state index is 13.7. The van der Waals surface area contributed by atoms with Gasteiger partial charge in [-0.05, 0) is 24.1 Å². The van der Waals surface area contributed by atoms with Gasteiger partial charge in [0.05, 0.1) is 11.4 Å². The second-order valence-electron chi connectivity index (χ2n) is 4.93. The Morgan fingerprint density at radius 1 is 1.40 bits per heavy atom. The van der Waals surface area contributed by atoms with Crippen molar-refractivity contribution in [2.75, 3.05) is 18.1 Å². The Balaban J connectivity index is 2.87. The Kier molecular flexibility index (Phi) is 7.64. The van der Waals surface area contributed by atoms with Crippen LogP contribution in [-0.2, 0) is 16.1 Å². The lowest BCUT2D eigenvalue weighted by Crippen LogP contribution is -2.25. The quantitative estimate of drug-likeness (QED) is 0.248. The SMILES string of the molecule is CC/C(=C\C(F)=C(/N)OC(F)F)C(=O)NCc1cccc(N)c1NC. The fourth-order valence-corrected chi connectivity index (χ4v) is 2.07. The van der Waals surface area contributed by atoms with Crippen LogP contribution < -0.4 is 22.1 Å². The fraction of sp³-hybridized carbons (Fsp3) is 0.312. The molecule has 0 aromatic heterocycles. The highest BCUT2D eigenvalue weighted by Gasteiger charge is 2.13. The number of hydrogen-bond donors (Lipinski definition) is 4. The summed E-state index contributed by atoms with van der Waals surface area (Å²) in [6.45, 7) is -1.49. The van der Waals surface area contributed by atoms with Crippen LogP contribution in [0.4, 0.5) is 24.5 Å². The Morgan fingerprint density at radius 2 is 2.08 bits per heavy atom. The van der Waals surface area contributed by atoms with Crippen molar-refractivity contribution < 1.29 is 22.7 Å². The number of hydrogen-bond acceptors (Lipinski definition) is 5. The number of anilines is 2. The molecule has 0 aliphatic rings. The van der Waals surface area contributed by atoms with Crippen LogP contribution >= 0.6 is 0 Å². The monoisotopic (exact) mass is 358 g/mol. The maximum absolute atomic E-state index is 13.7. The van der Waals surface area contributed by atoms with E-state index >= 15 is 0 Å². The lowest BCUT2D eigenvalue weighted by Gasteiger charge is -2.13. The van der Waals surface area contributed by atoms with Crippen LogP contribution in [0.5, 0.6) is 0 Å². The van der Waals surface area contributed by atoms with Crippen LogP contribution in [0.1, 0.15) is 18.9 Å². The van der Waals surface area contributed by atoms with Gasteiger partial charge in [-0.2, -0.15) is 8.78 Å². The van der Waals surface area contributed by atoms with Crippen molar-refractivity contribution in [2.24, 2.45) is 5.73 Å². The number of amides is 1. The van der Waals surface area contributed by atoms with Crippen LogP contribution in [-0.4, -0.2) is 19.6 Å². The van der Waals surface area contributed by atoms with Gasteiger partial charge in [-0.1, -0.05) is 19.1 Å². The zero-order chi connectivity index (χ0) is 19.0. The third kappa shape index (κ3) is 5.94. The minimum Gasteiger partial charge on any atom is -0.416 e. The van der Waals surface area contributed by atoms with Gasteiger partial charge in [0.15, 0.2) is 5.83 Å². The standard InChI is InChI=1S/C16H21F3N4O2/c1-3-9(7-11(17)14(21)25-16(18)19)15(24)23-8-10-5-4-6-12(20)13(10)22-2/h4-7,16,22H,3,8,20-21H2,1-2H3,(H,23,24)/b9-7+,14-11-. The second kappa shape index (κ2) is 9.45. The molecular formula is C16H21F3N4O2. The number of carbonyl (C=O) groups is 1. The summed E-state index contributed by atoms with van der Waals surface area (Å²) >= 11 is 0. The van der Waals surface area contributed by atoms with Gasteiger partial charge in [0, 0.05) is 19.2 Å². The highest BCUT2D eigenvalue weighted by atomic mass is 19.3. The van der Waals surface area contributed by atoms with Crippen LogP contribution in [0, 0.1) is 0 Å². The predicted molar refractivity (Wildman–Crippen MR) is 90.0 cm³/mol. The molecule has 0 fully saturated rings. The molecule has 6 nitrogen and oxygen atoms in total. The number of nitrogen functional groups attached to an aromatic ring is 1. The minimum atomic E-state index is -3.25. The van der Waals surface area contributed by atoms with E-state index in [9.17, 15) is 18.0 Å². The summed E-state index contributed by atoms with van der Waals surface area (Å²) in [6.07, 6.45) is 0.933. The molecule has 1 aromatic carbocycles. The summed E-state index contributed by atoms with van der Waals surface area (Å²) in [6, 6.07) is 5.21. The summed E-state index contributed by atoms with van der Waals surface area (Å²) in [4.78, 5) is 12.2. The van der Waals surface area contributed by atoms with Gasteiger partial charge >= 0.3 is 6.61 Å². The minimum absolute atomic E-state index is 0.0215. The predicted octanol–water partition coefficient (Wildman–Crippen LogP) is 2.60. The van der Waals surface area contributed by atoms with Crippen molar-refractivity contribution in [3.8, 4) is 0 Å². The summed E-state index contributed by atoms with van der Waals surface area (Å²) < 4.78 is 41.5. The largest absolute Gasteiger partial charge is 0.416 e. The van der Waals surface area contributed by atoms with Crippen LogP contribution in [0.15, 0.2) is 41.6 Å². The third-order valence-corrected chi connectivity index (χ3v) is 3.30. The molecule has 0 aliphatic carbocycles. The number of carbonyl (C=O) groups excluding carboxylic acids is 1. The molecule has 25 heavy (non-hydrogen) atoms. The molecule has 6 N–H and O–H groups in total. The van der Waals surface area contributed by atoms with Crippen LogP contribution in [0.2, 0.25) is 0 Å². The van der Waals surface area contributed by atoms with Gasteiger partial charge in [0.1, 0.15) is 0 Å². The number of benzene rings is 1. The highest BCUT2D eigenvalue weighted by Crippen LogP contribution is 2.22. The molecule has 0 unspecified atom stereocenters. The van der Waals surface area contributed by atoms with Crippen molar-refractivity contribution in [2.45, 2.75) is 26.5 Å². The summed E-state index contributed by atoms with van der Waals surface area (Å²) in [5.41, 5.74) is 12.8. The number of alkyl halides is 2. The van der Waals surface area contributed by atoms with Crippen molar-refractivity contribution in [1.82, 2.24) is 5.32 Å². The molecule has 1 amide bonds. The smallest absolute Gasteiger partial charge is 0.388 e. The number of ether oxygens (including phenoxy) is 1. The molecule has 1 rings (SSSR count). The molecule has 0 saturated heterocycles. The molecule has 0 aliphatic heterocycles. The van der Waals surface area contributed by atoms with Gasteiger partial charge < -0.3 is 26.8 Å². The molecule has 0 saturated carbocycles. The average Bonchev–Trinajstić information content (AvgIpc) is 2.56. The van der Waals surface area contributed by atoms with Gasteiger partial charge in [-0.25, -0.2) is 4.39 Å². The van der Waals surface area contributed by atoms with Gasteiger partial charge in [0.2, 0.25) is 11.8 Å². The van der Waals surface area contributed by atoms with Crippen molar-refractivity contribution in [1.29, 1.82) is 0 Å². The van der Waals surface area contributed by atoms with Gasteiger partial charge in [0.25, 0.3) is 0 Å². The third-order valence-electron chi connectivity index (χ3n) is 3.30. The summed E-state index contributed by atoms with van der Waals surface area (Å²) in [7, 11) is 1.69. The van der Waals surface area contributed by atoms with E-state index < -0.39 is 24.2 Å². The number of halogens is 3. The molecule has 1 aromatic rings. The van der Waals surface area contributed by atoms with E-state index in [1.54, 1.807) is 32.2 Å². The second-order valence-corrected chi connectivity index (χ2v) is 4.93. The lowest BCUT2D eigenvalue weighted by atomic mass is 10.1. The maximum Gasteiger partial charge on any atom is 0.388 e. The zero-order valence-corrected chi connectivity index (χ0v) is 13.9. The van der Waals surface area contributed by atoms with E-state index in [1.165, 1.54) is 0 Å². The Hall–Kier alpha value is -2.84. The molecule has 0 radical (unpaired) electrons. The van der Waals surface area contributed by atoms with E-state index in [2.05, 4.69) is 15.4 Å². The van der Waals surface area contributed by atoms with Gasteiger partial charge in [-0.3, -0.25) is 4.79 Å². The number of allylic oxidation sites excluding steroid dienone is 2. The van der Waals surface area contributed by atoms with Crippen molar-refractivity contribution in [3.05, 3.63) is 47.1 Å². The fourth-order valence-electron chi connectivity index (χ4n) is 2.07. The van der Waals surface area contributed by atoms with E-state index in [4.69, 9.17) is 11.5 Å². The first-order chi connectivity index (χ1) is 11.8. The first kappa shape index (κ1) is 20.2. The molecule has 138 valence electrons. The lowest BCUT2D eigenvalue weighted by molar-refractivity contribution is -0.117. The molecule has 0 bridgehead atoms. The van der Waals surface area contributed by atoms with Crippen LogP contribution in [0.3, 0.4) is 0 Å². The first-order valence-corrected chi connectivity index (χ1v) is 7.44. The molecule has 9 heteroatoms. The molecular weight excluding hydrogens is 337 g/mol. The molecule has 0 spiro atoms. The number of nitrogens with two attached hydrogens (primary N) is 2. The van der Waals surface area contributed by atoms with Crippen molar-refractivity contribution in [3.63, 3.8) is 0 Å². The first-order valence-electron chi connectivity index (χ1n) is 7.44. The Morgan fingerprint density at radius 3 is 2.64 bits per heavy atom. The van der Waals surface area contributed by atoms with Crippen molar-refractivity contribution >= 4 is 17.3 Å². The normalized spacial score (nSPS) is 12.6. The summed E-state index contributed by atoms with van der Waals surface area (Å²) in [5, 5.41) is 5.55. The number of nitrogens with one attached hydrogen (secondary N) is 2. The zero-order valence-electron chi connectivity index (χ0n) is 13.9. The van der Waals surface area contributed by atoms with E-state index in [1.807, 2.05) is 0 Å². The Labute approximate surface area is 143 Å². The number of para-hydroxylation sites is 1. The number of rotatable bonds is 8. The van der Waals surface area contributed by atoms with Crippen LogP contribution in [0.25, 0.3) is 0 Å². The van der Waals surface area contributed by atoms with Gasteiger partial charge in [-0.15, -0.1) is 0 Å². The van der Waals surface area contributed by atoms with E-state index in [-0.39, 0.29) is 18.5 Å². The molecule has 0 atom stereocenters. The average molecular weight is 358 g/mol. The topological polar surface area (TPSA) is 102 Å². The molecule has 0 heterocycles. The Bertz CT molecular complexity index is 675. The summed E-state index contributed by atoms with van der Waals surface area (Å²) in [5.74, 6) is -2.89. The van der Waals surface area contributed by atoms with E-state index in [0.29, 0.717) is 11.4 Å². The van der Waals surface area contributed by atoms with E-state index in [0.717, 1.165) is 11.6 Å².